The molecular formula is C10H13NO3. The number of carbonyl (C=O) groups is 1. The number of hydrogen-bond acceptors (Lipinski definition) is 3. The lowest BCUT2D eigenvalue weighted by Gasteiger charge is -2.13. The second-order valence-electron chi connectivity index (χ2n) is 3.71. The van der Waals surface area contributed by atoms with Gasteiger partial charge >= 0.3 is 5.97 Å². The van der Waals surface area contributed by atoms with Crippen LogP contribution in [-0.4, -0.2) is 29.1 Å². The molecular weight excluding hydrogens is 182 g/mol. The van der Waals surface area contributed by atoms with Crippen molar-refractivity contribution in [3.05, 3.63) is 23.7 Å². The molecule has 0 saturated heterocycles. The van der Waals surface area contributed by atoms with E-state index < -0.39 is 5.97 Å². The maximum Gasteiger partial charge on any atom is 0.339 e. The maximum absolute atomic E-state index is 10.8. The van der Waals surface area contributed by atoms with Crippen LogP contribution in [0.1, 0.15) is 29.0 Å². The third-order valence-electron chi connectivity index (χ3n) is 2.54. The van der Waals surface area contributed by atoms with E-state index in [1.807, 2.05) is 7.05 Å². The second kappa shape index (κ2) is 3.46. The normalized spacial score (nSPS) is 16.1. The average molecular weight is 195 g/mol. The van der Waals surface area contributed by atoms with Crippen LogP contribution in [-0.2, 0) is 6.54 Å². The molecule has 4 heteroatoms. The van der Waals surface area contributed by atoms with Gasteiger partial charge in [0.15, 0.2) is 0 Å². The molecule has 2 rings (SSSR count). The smallest absolute Gasteiger partial charge is 0.339 e. The Kier molecular flexibility index (Phi) is 2.29. The molecule has 1 aromatic heterocycles. The summed E-state index contributed by atoms with van der Waals surface area (Å²) in [6.07, 6.45) is 3.85. The van der Waals surface area contributed by atoms with E-state index >= 15 is 0 Å². The van der Waals surface area contributed by atoms with E-state index in [0.29, 0.717) is 18.3 Å². The summed E-state index contributed by atoms with van der Waals surface area (Å²) in [5.41, 5.74) is 0.275. The second-order valence-corrected chi connectivity index (χ2v) is 3.71. The van der Waals surface area contributed by atoms with Gasteiger partial charge in [-0.15, -0.1) is 0 Å². The first-order valence-corrected chi connectivity index (χ1v) is 4.68. The zero-order valence-electron chi connectivity index (χ0n) is 8.06. The molecule has 1 heterocycles. The van der Waals surface area contributed by atoms with Crippen molar-refractivity contribution in [2.75, 3.05) is 7.05 Å². The highest BCUT2D eigenvalue weighted by molar-refractivity contribution is 5.88. The fraction of sp³-hybridized carbons (Fsp3) is 0.500. The minimum atomic E-state index is -0.919. The number of rotatable bonds is 4. The Balaban J connectivity index is 2.07. The van der Waals surface area contributed by atoms with Crippen molar-refractivity contribution in [1.29, 1.82) is 0 Å². The monoisotopic (exact) mass is 195 g/mol. The van der Waals surface area contributed by atoms with Gasteiger partial charge in [0.2, 0.25) is 0 Å². The van der Waals surface area contributed by atoms with Gasteiger partial charge in [0.05, 0.1) is 12.8 Å². The number of carboxylic acids is 1. The lowest BCUT2D eigenvalue weighted by atomic mass is 10.2. The van der Waals surface area contributed by atoms with E-state index in [1.54, 1.807) is 0 Å². The third kappa shape index (κ3) is 1.80. The lowest BCUT2D eigenvalue weighted by Crippen LogP contribution is -2.20. The van der Waals surface area contributed by atoms with Crippen molar-refractivity contribution in [3.8, 4) is 0 Å². The lowest BCUT2D eigenvalue weighted by molar-refractivity contribution is 0.0693. The molecule has 14 heavy (non-hydrogen) atoms. The van der Waals surface area contributed by atoms with Crippen molar-refractivity contribution in [2.45, 2.75) is 25.4 Å². The van der Waals surface area contributed by atoms with Gasteiger partial charge in [-0.3, -0.25) is 4.90 Å². The summed E-state index contributed by atoms with van der Waals surface area (Å²) in [4.78, 5) is 12.9. The Morgan fingerprint density at radius 2 is 2.43 bits per heavy atom. The molecule has 0 amide bonds. The van der Waals surface area contributed by atoms with Crippen molar-refractivity contribution in [1.82, 2.24) is 4.90 Å². The van der Waals surface area contributed by atoms with E-state index in [2.05, 4.69) is 4.90 Å². The Morgan fingerprint density at radius 1 is 1.71 bits per heavy atom. The van der Waals surface area contributed by atoms with E-state index in [9.17, 15) is 4.79 Å². The Labute approximate surface area is 82.1 Å². The summed E-state index contributed by atoms with van der Waals surface area (Å²) in [5.74, 6) is -0.371. The molecule has 1 N–H and O–H groups in total. The first kappa shape index (κ1) is 9.27. The van der Waals surface area contributed by atoms with Gasteiger partial charge in [0.25, 0.3) is 0 Å². The molecule has 0 atom stereocenters. The highest BCUT2D eigenvalue weighted by Gasteiger charge is 2.27. The zero-order valence-corrected chi connectivity index (χ0v) is 8.06. The molecule has 0 aliphatic heterocycles. The molecule has 1 aliphatic rings. The molecule has 0 unspecified atom stereocenters. The van der Waals surface area contributed by atoms with Crippen LogP contribution in [0.25, 0.3) is 0 Å². The Morgan fingerprint density at radius 3 is 3.00 bits per heavy atom. The van der Waals surface area contributed by atoms with Crippen LogP contribution in [0.4, 0.5) is 0 Å². The van der Waals surface area contributed by atoms with E-state index in [0.717, 1.165) is 0 Å². The van der Waals surface area contributed by atoms with Crippen molar-refractivity contribution >= 4 is 5.97 Å². The van der Waals surface area contributed by atoms with Crippen LogP contribution < -0.4 is 0 Å². The summed E-state index contributed by atoms with van der Waals surface area (Å²) in [7, 11) is 1.99. The minimum Gasteiger partial charge on any atom is -0.478 e. The number of carboxylic acid groups (broad SMARTS) is 1. The molecule has 0 radical (unpaired) electrons. The van der Waals surface area contributed by atoms with Crippen molar-refractivity contribution in [2.24, 2.45) is 0 Å². The standard InChI is InChI=1S/C10H13NO3/c1-11(7-2-3-7)6-9-8(10(12)13)4-5-14-9/h4-5,7H,2-3,6H2,1H3,(H,12,13). The molecule has 0 bridgehead atoms. The molecule has 76 valence electrons. The summed E-state index contributed by atoms with van der Waals surface area (Å²) >= 11 is 0. The number of aromatic carboxylic acids is 1. The summed E-state index contributed by atoms with van der Waals surface area (Å²) in [6, 6.07) is 2.11. The van der Waals surface area contributed by atoms with Crippen LogP contribution in [0.2, 0.25) is 0 Å². The zero-order chi connectivity index (χ0) is 10.1. The first-order valence-electron chi connectivity index (χ1n) is 4.68. The predicted octanol–water partition coefficient (Wildman–Crippen LogP) is 1.57. The van der Waals surface area contributed by atoms with Gasteiger partial charge in [-0.05, 0) is 26.0 Å². The fourth-order valence-electron chi connectivity index (χ4n) is 1.52. The number of hydrogen-bond donors (Lipinski definition) is 1. The molecule has 0 aromatic carbocycles. The largest absolute Gasteiger partial charge is 0.478 e. The van der Waals surface area contributed by atoms with E-state index in [-0.39, 0.29) is 5.56 Å². The Bertz CT molecular complexity index is 341. The quantitative estimate of drug-likeness (QED) is 0.792. The maximum atomic E-state index is 10.8. The average Bonchev–Trinajstić information content (AvgIpc) is 2.87. The molecule has 1 aromatic rings. The number of furan rings is 1. The molecule has 1 aliphatic carbocycles. The van der Waals surface area contributed by atoms with Crippen LogP contribution in [0.3, 0.4) is 0 Å². The first-order chi connectivity index (χ1) is 6.68. The van der Waals surface area contributed by atoms with Crippen LogP contribution in [0.15, 0.2) is 16.7 Å². The highest BCUT2D eigenvalue weighted by Crippen LogP contribution is 2.27. The highest BCUT2D eigenvalue weighted by atomic mass is 16.4. The van der Waals surface area contributed by atoms with Gasteiger partial charge in [-0.2, -0.15) is 0 Å². The van der Waals surface area contributed by atoms with Crippen molar-refractivity contribution < 1.29 is 14.3 Å². The summed E-state index contributed by atoms with van der Waals surface area (Å²) < 4.78 is 5.15. The van der Waals surface area contributed by atoms with Gasteiger partial charge < -0.3 is 9.52 Å². The summed E-state index contributed by atoms with van der Waals surface area (Å²) in [5, 5.41) is 8.84. The molecule has 1 saturated carbocycles. The van der Waals surface area contributed by atoms with Gasteiger partial charge in [-0.25, -0.2) is 4.79 Å². The van der Waals surface area contributed by atoms with Crippen LogP contribution in [0, 0.1) is 0 Å². The van der Waals surface area contributed by atoms with Gasteiger partial charge in [-0.1, -0.05) is 0 Å². The molecule has 4 nitrogen and oxygen atoms in total. The van der Waals surface area contributed by atoms with Gasteiger partial charge in [0, 0.05) is 6.04 Å². The topological polar surface area (TPSA) is 53.7 Å². The van der Waals surface area contributed by atoms with E-state index in [1.165, 1.54) is 25.2 Å². The summed E-state index contributed by atoms with van der Waals surface area (Å²) in [6.45, 7) is 0.583. The van der Waals surface area contributed by atoms with Crippen molar-refractivity contribution in [3.63, 3.8) is 0 Å². The fourth-order valence-corrected chi connectivity index (χ4v) is 1.52. The van der Waals surface area contributed by atoms with Crippen LogP contribution >= 0.6 is 0 Å². The third-order valence-corrected chi connectivity index (χ3v) is 2.54. The van der Waals surface area contributed by atoms with E-state index in [4.69, 9.17) is 9.52 Å². The van der Waals surface area contributed by atoms with Crippen LogP contribution in [0.5, 0.6) is 0 Å². The molecule has 0 spiro atoms. The van der Waals surface area contributed by atoms with Gasteiger partial charge in [0.1, 0.15) is 11.3 Å². The number of nitrogens with zero attached hydrogens (tertiary/aromatic N) is 1. The predicted molar refractivity (Wildman–Crippen MR) is 50.2 cm³/mol. The Hall–Kier alpha value is -1.29. The SMILES string of the molecule is CN(Cc1occc1C(=O)O)C1CC1. The minimum absolute atomic E-state index is 0.275. The molecule has 1 fully saturated rings.